The Morgan fingerprint density at radius 1 is 1.42 bits per heavy atom. The summed E-state index contributed by atoms with van der Waals surface area (Å²) in [6.45, 7) is 6.67. The summed E-state index contributed by atoms with van der Waals surface area (Å²) in [5, 5.41) is 0. The number of nitrogens with two attached hydrogens (primary N) is 1. The van der Waals surface area contributed by atoms with Crippen LogP contribution in [0.4, 0.5) is 11.4 Å². The number of nitrogens with zero attached hydrogens (tertiary/aromatic N) is 1. The first-order chi connectivity index (χ1) is 8.95. The normalized spacial score (nSPS) is 10.6. The highest BCUT2D eigenvalue weighted by Gasteiger charge is 2.13. The highest BCUT2D eigenvalue weighted by molar-refractivity contribution is 5.92. The molecule has 4 nitrogen and oxygen atoms in total. The standard InChI is InChI=1S/C15H24N2O2/c1-11(2)6-5-9-17(12(3)18)13-7-8-14(16)15(10-13)19-4/h7-8,10-11H,5-6,9,16H2,1-4H3. The van der Waals surface area contributed by atoms with Gasteiger partial charge in [0.2, 0.25) is 5.91 Å². The van der Waals surface area contributed by atoms with Crippen molar-refractivity contribution in [2.24, 2.45) is 5.92 Å². The molecule has 0 atom stereocenters. The molecule has 2 N–H and O–H groups in total. The lowest BCUT2D eigenvalue weighted by Gasteiger charge is -2.22. The largest absolute Gasteiger partial charge is 0.495 e. The fourth-order valence-electron chi connectivity index (χ4n) is 1.99. The van der Waals surface area contributed by atoms with Crippen LogP contribution in [0, 0.1) is 5.92 Å². The van der Waals surface area contributed by atoms with E-state index in [4.69, 9.17) is 10.5 Å². The molecule has 106 valence electrons. The van der Waals surface area contributed by atoms with Crippen molar-refractivity contribution in [3.63, 3.8) is 0 Å². The molecule has 0 radical (unpaired) electrons. The highest BCUT2D eigenvalue weighted by Crippen LogP contribution is 2.27. The van der Waals surface area contributed by atoms with E-state index in [1.165, 1.54) is 0 Å². The third kappa shape index (κ3) is 4.47. The molecule has 0 bridgehead atoms. The summed E-state index contributed by atoms with van der Waals surface area (Å²) in [4.78, 5) is 13.5. The van der Waals surface area contributed by atoms with Crippen molar-refractivity contribution in [2.75, 3.05) is 24.3 Å². The second-order valence-corrected chi connectivity index (χ2v) is 5.13. The van der Waals surface area contributed by atoms with Crippen LogP contribution in [0.15, 0.2) is 18.2 Å². The Hall–Kier alpha value is -1.71. The van der Waals surface area contributed by atoms with Gasteiger partial charge in [-0.3, -0.25) is 4.79 Å². The van der Waals surface area contributed by atoms with E-state index in [0.717, 1.165) is 25.1 Å². The summed E-state index contributed by atoms with van der Waals surface area (Å²) in [6.07, 6.45) is 2.10. The average Bonchev–Trinajstić information content (AvgIpc) is 2.35. The maximum absolute atomic E-state index is 11.8. The monoisotopic (exact) mass is 264 g/mol. The number of hydrogen-bond acceptors (Lipinski definition) is 3. The van der Waals surface area contributed by atoms with Crippen molar-refractivity contribution in [2.45, 2.75) is 33.6 Å². The molecule has 1 amide bonds. The van der Waals surface area contributed by atoms with E-state index in [-0.39, 0.29) is 5.91 Å². The third-order valence-corrected chi connectivity index (χ3v) is 3.07. The smallest absolute Gasteiger partial charge is 0.223 e. The lowest BCUT2D eigenvalue weighted by molar-refractivity contribution is -0.116. The number of ether oxygens (including phenoxy) is 1. The Morgan fingerprint density at radius 2 is 2.11 bits per heavy atom. The van der Waals surface area contributed by atoms with Gasteiger partial charge in [-0.15, -0.1) is 0 Å². The van der Waals surface area contributed by atoms with Crippen molar-refractivity contribution in [3.05, 3.63) is 18.2 Å². The van der Waals surface area contributed by atoms with Gasteiger partial charge in [-0.25, -0.2) is 0 Å². The van der Waals surface area contributed by atoms with Gasteiger partial charge in [-0.05, 0) is 30.9 Å². The predicted octanol–water partition coefficient (Wildman–Crippen LogP) is 3.07. The van der Waals surface area contributed by atoms with Gasteiger partial charge in [0.25, 0.3) is 0 Å². The summed E-state index contributed by atoms with van der Waals surface area (Å²) in [6, 6.07) is 5.44. The molecule has 0 spiro atoms. The van der Waals surface area contributed by atoms with Crippen molar-refractivity contribution < 1.29 is 9.53 Å². The number of methoxy groups -OCH3 is 1. The molecule has 0 aromatic heterocycles. The Morgan fingerprint density at radius 3 is 2.63 bits per heavy atom. The lowest BCUT2D eigenvalue weighted by atomic mass is 10.1. The molecular weight excluding hydrogens is 240 g/mol. The second-order valence-electron chi connectivity index (χ2n) is 5.13. The van der Waals surface area contributed by atoms with E-state index in [0.29, 0.717) is 17.4 Å². The Labute approximate surface area is 115 Å². The van der Waals surface area contributed by atoms with Gasteiger partial charge in [-0.2, -0.15) is 0 Å². The minimum atomic E-state index is 0.0376. The Balaban J connectivity index is 2.84. The zero-order chi connectivity index (χ0) is 14.4. The number of carbonyl (C=O) groups excluding carboxylic acids is 1. The van der Waals surface area contributed by atoms with Crippen molar-refractivity contribution >= 4 is 17.3 Å². The fraction of sp³-hybridized carbons (Fsp3) is 0.533. The number of benzene rings is 1. The summed E-state index contributed by atoms with van der Waals surface area (Å²) in [5.41, 5.74) is 7.20. The molecule has 0 aliphatic heterocycles. The van der Waals surface area contributed by atoms with Crippen LogP contribution < -0.4 is 15.4 Å². The van der Waals surface area contributed by atoms with E-state index < -0.39 is 0 Å². The van der Waals surface area contributed by atoms with Gasteiger partial charge in [0.15, 0.2) is 0 Å². The molecule has 0 aliphatic carbocycles. The maximum atomic E-state index is 11.8. The molecule has 0 heterocycles. The Kier molecular flexibility index (Phi) is 5.67. The summed E-state index contributed by atoms with van der Waals surface area (Å²) in [5.74, 6) is 1.29. The Bertz CT molecular complexity index is 430. The molecular formula is C15H24N2O2. The zero-order valence-electron chi connectivity index (χ0n) is 12.3. The van der Waals surface area contributed by atoms with E-state index in [1.54, 1.807) is 25.0 Å². The number of nitrogen functional groups attached to an aromatic ring is 1. The second kappa shape index (κ2) is 7.02. The van der Waals surface area contributed by atoms with Crippen molar-refractivity contribution in [3.8, 4) is 5.75 Å². The summed E-state index contributed by atoms with van der Waals surface area (Å²) >= 11 is 0. The van der Waals surface area contributed by atoms with Crippen LogP contribution in [0.1, 0.15) is 33.6 Å². The van der Waals surface area contributed by atoms with Crippen LogP contribution in [-0.4, -0.2) is 19.6 Å². The quantitative estimate of drug-likeness (QED) is 0.803. The zero-order valence-corrected chi connectivity index (χ0v) is 12.3. The van der Waals surface area contributed by atoms with E-state index in [1.807, 2.05) is 12.1 Å². The van der Waals surface area contributed by atoms with Gasteiger partial charge in [-0.1, -0.05) is 13.8 Å². The van der Waals surface area contributed by atoms with E-state index >= 15 is 0 Å². The third-order valence-electron chi connectivity index (χ3n) is 3.07. The molecule has 0 unspecified atom stereocenters. The van der Waals surface area contributed by atoms with Crippen LogP contribution in [0.25, 0.3) is 0 Å². The first kappa shape index (κ1) is 15.3. The first-order valence-electron chi connectivity index (χ1n) is 6.67. The van der Waals surface area contributed by atoms with Crippen LogP contribution >= 0.6 is 0 Å². The highest BCUT2D eigenvalue weighted by atomic mass is 16.5. The molecule has 0 saturated carbocycles. The van der Waals surface area contributed by atoms with Crippen LogP contribution in [0.5, 0.6) is 5.75 Å². The topological polar surface area (TPSA) is 55.6 Å². The number of amides is 1. The number of hydrogen-bond donors (Lipinski definition) is 1. The van der Waals surface area contributed by atoms with Crippen LogP contribution in [0.2, 0.25) is 0 Å². The molecule has 1 aromatic carbocycles. The molecule has 0 aliphatic rings. The van der Waals surface area contributed by atoms with Gasteiger partial charge >= 0.3 is 0 Å². The lowest BCUT2D eigenvalue weighted by Crippen LogP contribution is -2.29. The SMILES string of the molecule is COc1cc(N(CCCC(C)C)C(C)=O)ccc1N. The first-order valence-corrected chi connectivity index (χ1v) is 6.67. The maximum Gasteiger partial charge on any atom is 0.223 e. The molecule has 19 heavy (non-hydrogen) atoms. The van der Waals surface area contributed by atoms with Gasteiger partial charge in [0, 0.05) is 25.2 Å². The number of anilines is 2. The number of carbonyl (C=O) groups is 1. The van der Waals surface area contributed by atoms with E-state index in [9.17, 15) is 4.79 Å². The molecule has 0 saturated heterocycles. The molecule has 1 rings (SSSR count). The molecule has 0 fully saturated rings. The average molecular weight is 264 g/mol. The fourth-order valence-corrected chi connectivity index (χ4v) is 1.99. The van der Waals surface area contributed by atoms with Crippen LogP contribution in [-0.2, 0) is 4.79 Å². The van der Waals surface area contributed by atoms with Crippen molar-refractivity contribution in [1.29, 1.82) is 0 Å². The summed E-state index contributed by atoms with van der Waals surface area (Å²) in [7, 11) is 1.58. The van der Waals surface area contributed by atoms with Crippen LogP contribution in [0.3, 0.4) is 0 Å². The van der Waals surface area contributed by atoms with E-state index in [2.05, 4.69) is 13.8 Å². The minimum absolute atomic E-state index is 0.0376. The molecule has 1 aromatic rings. The van der Waals surface area contributed by atoms with Gasteiger partial charge in [0.1, 0.15) is 5.75 Å². The van der Waals surface area contributed by atoms with Gasteiger partial charge < -0.3 is 15.4 Å². The minimum Gasteiger partial charge on any atom is -0.495 e. The predicted molar refractivity (Wildman–Crippen MR) is 79.5 cm³/mol. The van der Waals surface area contributed by atoms with Crippen molar-refractivity contribution in [1.82, 2.24) is 0 Å². The number of rotatable bonds is 6. The molecule has 4 heteroatoms. The van der Waals surface area contributed by atoms with Gasteiger partial charge in [0.05, 0.1) is 12.8 Å². The summed E-state index contributed by atoms with van der Waals surface area (Å²) < 4.78 is 5.20.